The van der Waals surface area contributed by atoms with E-state index in [2.05, 4.69) is 32.7 Å². The number of carbonyl (C=O) groups is 1. The van der Waals surface area contributed by atoms with Crippen molar-refractivity contribution in [1.82, 2.24) is 20.2 Å². The molecule has 4 aromatic rings. The van der Waals surface area contributed by atoms with Crippen LogP contribution in [0.2, 0.25) is 5.02 Å². The Balaban J connectivity index is 1.19. The molecule has 1 fully saturated rings. The second-order valence-electron chi connectivity index (χ2n) is 9.80. The van der Waals surface area contributed by atoms with Gasteiger partial charge in [0.05, 0.1) is 15.4 Å². The van der Waals surface area contributed by atoms with Crippen molar-refractivity contribution in [2.45, 2.75) is 32.4 Å². The van der Waals surface area contributed by atoms with Crippen LogP contribution in [-0.2, 0) is 13.1 Å². The molecular weight excluding hydrogens is 530 g/mol. The molecule has 2 aromatic heterocycles. The van der Waals surface area contributed by atoms with Gasteiger partial charge in [-0.2, -0.15) is 0 Å². The number of benzene rings is 2. The Morgan fingerprint density at radius 2 is 1.87 bits per heavy atom. The van der Waals surface area contributed by atoms with Crippen molar-refractivity contribution in [3.8, 4) is 10.6 Å². The average Bonchev–Trinajstić information content (AvgIpc) is 3.44. The van der Waals surface area contributed by atoms with Gasteiger partial charge in [0.25, 0.3) is 5.91 Å². The topological polar surface area (TPSA) is 90.4 Å². The zero-order chi connectivity index (χ0) is 27.0. The molecule has 5 rings (SSSR count). The standard InChI is InChI=1S/C30H32ClN5O2S/c31-24-5-1-3-22(17-24)19-33-29(38)28-8-7-27(39-28)26-9-13-32-30(35-26)34-25-6-2-4-23(18-25)20-36-14-10-21(11-15-36)12-16-37/h1-9,13,17-18,21,37H,10-12,14-16,19-20H2,(H,33,38)(H,32,34,35). The highest BCUT2D eigenvalue weighted by Crippen LogP contribution is 2.28. The minimum Gasteiger partial charge on any atom is -0.396 e. The second kappa shape index (κ2) is 13.2. The van der Waals surface area contributed by atoms with Crippen LogP contribution in [0.4, 0.5) is 11.6 Å². The average molecular weight is 562 g/mol. The molecule has 3 N–H and O–H groups in total. The highest BCUT2D eigenvalue weighted by Gasteiger charge is 2.19. The molecule has 0 radical (unpaired) electrons. The van der Waals surface area contributed by atoms with Gasteiger partial charge in [-0.25, -0.2) is 9.97 Å². The summed E-state index contributed by atoms with van der Waals surface area (Å²) in [5, 5.41) is 16.1. The normalized spacial score (nSPS) is 14.3. The first-order valence-corrected chi connectivity index (χ1v) is 14.4. The molecular formula is C30H32ClN5O2S. The van der Waals surface area contributed by atoms with Crippen LogP contribution in [-0.4, -0.2) is 45.6 Å². The van der Waals surface area contributed by atoms with Crippen LogP contribution in [0.1, 0.15) is 40.1 Å². The highest BCUT2D eigenvalue weighted by atomic mass is 35.5. The van der Waals surface area contributed by atoms with E-state index in [-0.39, 0.29) is 12.5 Å². The fourth-order valence-corrected chi connectivity index (χ4v) is 5.93. The van der Waals surface area contributed by atoms with Gasteiger partial charge in [0.1, 0.15) is 0 Å². The number of nitrogens with zero attached hydrogens (tertiary/aromatic N) is 3. The van der Waals surface area contributed by atoms with E-state index in [1.54, 1.807) is 6.20 Å². The van der Waals surface area contributed by atoms with E-state index < -0.39 is 0 Å². The first-order chi connectivity index (χ1) is 19.1. The third-order valence-corrected chi connectivity index (χ3v) is 8.26. The van der Waals surface area contributed by atoms with E-state index in [4.69, 9.17) is 16.6 Å². The molecule has 7 nitrogen and oxygen atoms in total. The number of hydrogen-bond acceptors (Lipinski definition) is 7. The first-order valence-electron chi connectivity index (χ1n) is 13.2. The molecule has 0 bridgehead atoms. The SMILES string of the molecule is O=C(NCc1cccc(Cl)c1)c1ccc(-c2ccnc(Nc3cccc(CN4CCC(CCO)CC4)c3)n2)s1. The number of hydrogen-bond donors (Lipinski definition) is 3. The Labute approximate surface area is 237 Å². The summed E-state index contributed by atoms with van der Waals surface area (Å²) in [6.45, 7) is 3.73. The van der Waals surface area contributed by atoms with Crippen molar-refractivity contribution in [2.24, 2.45) is 5.92 Å². The van der Waals surface area contributed by atoms with Crippen LogP contribution in [0.25, 0.3) is 10.6 Å². The summed E-state index contributed by atoms with van der Waals surface area (Å²) in [6, 6.07) is 21.4. The van der Waals surface area contributed by atoms with Crippen molar-refractivity contribution < 1.29 is 9.90 Å². The molecule has 3 heterocycles. The van der Waals surface area contributed by atoms with Crippen LogP contribution < -0.4 is 10.6 Å². The number of piperidine rings is 1. The quantitative estimate of drug-likeness (QED) is 0.216. The molecule has 0 aliphatic carbocycles. The van der Waals surface area contributed by atoms with Crippen molar-refractivity contribution in [3.63, 3.8) is 0 Å². The molecule has 0 unspecified atom stereocenters. The Hall–Kier alpha value is -3.30. The summed E-state index contributed by atoms with van der Waals surface area (Å²) in [7, 11) is 0. The van der Waals surface area contributed by atoms with Crippen LogP contribution in [0.3, 0.4) is 0 Å². The van der Waals surface area contributed by atoms with Gasteiger partial charge in [0.15, 0.2) is 0 Å². The maximum atomic E-state index is 12.7. The van der Waals surface area contributed by atoms with E-state index in [0.29, 0.717) is 28.3 Å². The number of thiophene rings is 1. The van der Waals surface area contributed by atoms with Crippen LogP contribution in [0.15, 0.2) is 72.9 Å². The van der Waals surface area contributed by atoms with Crippen molar-refractivity contribution in [3.05, 3.63) is 94.0 Å². The number of aromatic nitrogens is 2. The van der Waals surface area contributed by atoms with E-state index in [9.17, 15) is 9.90 Å². The number of likely N-dealkylation sites (tertiary alicyclic amines) is 1. The largest absolute Gasteiger partial charge is 0.396 e. The predicted octanol–water partition coefficient (Wildman–Crippen LogP) is 6.13. The number of aliphatic hydroxyl groups is 1. The molecule has 39 heavy (non-hydrogen) atoms. The Bertz CT molecular complexity index is 1400. The van der Waals surface area contributed by atoms with Gasteiger partial charge in [0.2, 0.25) is 5.95 Å². The van der Waals surface area contributed by atoms with Crippen molar-refractivity contribution in [2.75, 3.05) is 25.0 Å². The molecule has 0 spiro atoms. The molecule has 1 amide bonds. The van der Waals surface area contributed by atoms with Crippen LogP contribution >= 0.6 is 22.9 Å². The van der Waals surface area contributed by atoms with Gasteiger partial charge in [0, 0.05) is 36.6 Å². The van der Waals surface area contributed by atoms with Gasteiger partial charge in [-0.1, -0.05) is 35.9 Å². The zero-order valence-corrected chi connectivity index (χ0v) is 23.2. The lowest BCUT2D eigenvalue weighted by molar-refractivity contribution is 0.0955. The third kappa shape index (κ3) is 7.64. The smallest absolute Gasteiger partial charge is 0.261 e. The Morgan fingerprint density at radius 3 is 2.69 bits per heavy atom. The zero-order valence-electron chi connectivity index (χ0n) is 21.6. The summed E-state index contributed by atoms with van der Waals surface area (Å²) in [6.07, 6.45) is 4.93. The fraction of sp³-hybridized carbons (Fsp3) is 0.300. The summed E-state index contributed by atoms with van der Waals surface area (Å²) >= 11 is 7.43. The summed E-state index contributed by atoms with van der Waals surface area (Å²) in [5.41, 5.74) is 3.88. The fourth-order valence-electron chi connectivity index (χ4n) is 4.82. The lowest BCUT2D eigenvalue weighted by Crippen LogP contribution is -2.33. The van der Waals surface area contributed by atoms with E-state index in [1.807, 2.05) is 54.6 Å². The molecule has 0 atom stereocenters. The van der Waals surface area contributed by atoms with Gasteiger partial charge >= 0.3 is 0 Å². The molecule has 1 saturated heterocycles. The lowest BCUT2D eigenvalue weighted by Gasteiger charge is -2.31. The maximum absolute atomic E-state index is 12.7. The summed E-state index contributed by atoms with van der Waals surface area (Å²) in [4.78, 5) is 25.8. The Morgan fingerprint density at radius 1 is 1.05 bits per heavy atom. The number of amides is 1. The van der Waals surface area contributed by atoms with Crippen molar-refractivity contribution >= 4 is 40.5 Å². The van der Waals surface area contributed by atoms with E-state index in [1.165, 1.54) is 16.9 Å². The van der Waals surface area contributed by atoms with Crippen LogP contribution in [0, 0.1) is 5.92 Å². The van der Waals surface area contributed by atoms with Crippen LogP contribution in [0.5, 0.6) is 0 Å². The summed E-state index contributed by atoms with van der Waals surface area (Å²) < 4.78 is 0. The Kier molecular flexibility index (Phi) is 9.21. The molecule has 2 aromatic carbocycles. The van der Waals surface area contributed by atoms with E-state index >= 15 is 0 Å². The molecule has 9 heteroatoms. The first kappa shape index (κ1) is 27.3. The van der Waals surface area contributed by atoms with Gasteiger partial charge in [-0.15, -0.1) is 11.3 Å². The van der Waals surface area contributed by atoms with E-state index in [0.717, 1.165) is 60.7 Å². The second-order valence-corrected chi connectivity index (χ2v) is 11.3. The molecule has 202 valence electrons. The number of anilines is 2. The minimum absolute atomic E-state index is 0.131. The number of aliphatic hydroxyl groups excluding tert-OH is 1. The summed E-state index contributed by atoms with van der Waals surface area (Å²) in [5.74, 6) is 1.02. The maximum Gasteiger partial charge on any atom is 0.261 e. The number of carbonyl (C=O) groups excluding carboxylic acids is 1. The number of nitrogens with one attached hydrogen (secondary N) is 2. The molecule has 0 saturated carbocycles. The number of halogens is 1. The predicted molar refractivity (Wildman–Crippen MR) is 157 cm³/mol. The highest BCUT2D eigenvalue weighted by molar-refractivity contribution is 7.17. The third-order valence-electron chi connectivity index (χ3n) is 6.91. The lowest BCUT2D eigenvalue weighted by atomic mass is 9.94. The molecule has 1 aliphatic rings. The van der Waals surface area contributed by atoms with Gasteiger partial charge in [-0.05, 0) is 91.9 Å². The van der Waals surface area contributed by atoms with Gasteiger partial charge < -0.3 is 15.7 Å². The number of rotatable bonds is 10. The van der Waals surface area contributed by atoms with Gasteiger partial charge in [-0.3, -0.25) is 9.69 Å². The molecule has 1 aliphatic heterocycles. The van der Waals surface area contributed by atoms with Crippen molar-refractivity contribution in [1.29, 1.82) is 0 Å². The monoisotopic (exact) mass is 561 g/mol. The minimum atomic E-state index is -0.131.